The Hall–Kier alpha value is -3.16. The van der Waals surface area contributed by atoms with E-state index in [9.17, 15) is 13.6 Å². The van der Waals surface area contributed by atoms with Crippen molar-refractivity contribution in [3.63, 3.8) is 0 Å². The fourth-order valence-corrected chi connectivity index (χ4v) is 2.63. The zero-order valence-electron chi connectivity index (χ0n) is 17.5. The Morgan fingerprint density at radius 3 is 2.33 bits per heavy atom. The van der Waals surface area contributed by atoms with E-state index in [-0.39, 0.29) is 24.4 Å². The van der Waals surface area contributed by atoms with Crippen molar-refractivity contribution >= 4 is 11.9 Å². The first kappa shape index (κ1) is 23.1. The number of aliphatic imine (C=N–C) groups is 1. The Balaban J connectivity index is 1.92. The minimum Gasteiger partial charge on any atom is -0.497 e. The van der Waals surface area contributed by atoms with E-state index < -0.39 is 11.6 Å². The smallest absolute Gasteiger partial charge is 0.243 e. The second kappa shape index (κ2) is 11.7. The molecule has 2 N–H and O–H groups in total. The van der Waals surface area contributed by atoms with Gasteiger partial charge < -0.3 is 20.3 Å². The number of ether oxygens (including phenoxy) is 1. The van der Waals surface area contributed by atoms with Gasteiger partial charge in [0.2, 0.25) is 5.91 Å². The zero-order chi connectivity index (χ0) is 21.9. The summed E-state index contributed by atoms with van der Waals surface area (Å²) in [4.78, 5) is 17.6. The highest BCUT2D eigenvalue weighted by Crippen LogP contribution is 2.11. The number of rotatable bonds is 9. The molecule has 2 rings (SSSR count). The summed E-state index contributed by atoms with van der Waals surface area (Å²) in [6, 6.07) is 11.1. The number of carbonyl (C=O) groups is 1. The van der Waals surface area contributed by atoms with Gasteiger partial charge in [-0.2, -0.15) is 0 Å². The molecule has 0 saturated heterocycles. The van der Waals surface area contributed by atoms with Gasteiger partial charge in [0, 0.05) is 27.2 Å². The first-order valence-electron chi connectivity index (χ1n) is 9.68. The molecule has 0 heterocycles. The Kier molecular flexibility index (Phi) is 9.05. The fraction of sp³-hybridized carbons (Fsp3) is 0.364. The van der Waals surface area contributed by atoms with Crippen molar-refractivity contribution in [1.82, 2.24) is 15.5 Å². The fourth-order valence-electron chi connectivity index (χ4n) is 2.63. The van der Waals surface area contributed by atoms with Crippen molar-refractivity contribution in [2.24, 2.45) is 4.99 Å². The second-order valence-corrected chi connectivity index (χ2v) is 6.89. The lowest BCUT2D eigenvalue weighted by molar-refractivity contribution is -0.127. The average Bonchev–Trinajstić information content (AvgIpc) is 2.74. The molecule has 0 fully saturated rings. The van der Waals surface area contributed by atoms with Gasteiger partial charge in [0.15, 0.2) is 5.96 Å². The Morgan fingerprint density at radius 1 is 1.03 bits per heavy atom. The van der Waals surface area contributed by atoms with Gasteiger partial charge in [-0.05, 0) is 54.3 Å². The quantitative estimate of drug-likeness (QED) is 0.485. The molecule has 30 heavy (non-hydrogen) atoms. The van der Waals surface area contributed by atoms with Gasteiger partial charge in [-0.25, -0.2) is 13.8 Å². The van der Waals surface area contributed by atoms with Crippen molar-refractivity contribution in [1.29, 1.82) is 0 Å². The van der Waals surface area contributed by atoms with Gasteiger partial charge in [-0.1, -0.05) is 12.1 Å². The number of guanidine groups is 1. The first-order chi connectivity index (χ1) is 14.4. The molecule has 0 bridgehead atoms. The summed E-state index contributed by atoms with van der Waals surface area (Å²) in [7, 11) is 4.94. The van der Waals surface area contributed by atoms with Crippen LogP contribution in [0, 0.1) is 11.6 Å². The van der Waals surface area contributed by atoms with Crippen molar-refractivity contribution in [3.05, 3.63) is 65.2 Å². The van der Waals surface area contributed by atoms with Gasteiger partial charge in [-0.15, -0.1) is 0 Å². The van der Waals surface area contributed by atoms with Crippen LogP contribution >= 0.6 is 0 Å². The maximum absolute atomic E-state index is 13.8. The maximum atomic E-state index is 13.8. The number of benzene rings is 2. The van der Waals surface area contributed by atoms with Crippen LogP contribution in [0.5, 0.6) is 5.75 Å². The summed E-state index contributed by atoms with van der Waals surface area (Å²) >= 11 is 0. The predicted octanol–water partition coefficient (Wildman–Crippen LogP) is 2.38. The van der Waals surface area contributed by atoms with E-state index >= 15 is 0 Å². The molecule has 0 aliphatic rings. The van der Waals surface area contributed by atoms with Crippen LogP contribution in [-0.2, 0) is 17.6 Å². The number of halogens is 2. The number of nitrogens with zero attached hydrogens (tertiary/aromatic N) is 2. The molecule has 0 aliphatic carbocycles. The lowest BCUT2D eigenvalue weighted by Crippen LogP contribution is -2.40. The number of amides is 1. The normalized spacial score (nSPS) is 11.2. The third-order valence-corrected chi connectivity index (χ3v) is 4.43. The standard InChI is InChI=1S/C22H28F2N4O2/c1-28(2)21(29)15-27-22(25-12-10-16-4-7-19(30-3)8-5-16)26-13-11-17-14-18(23)6-9-20(17)24/h4-9,14H,10-13,15H2,1-3H3,(H2,25,26,27). The van der Waals surface area contributed by atoms with E-state index in [0.717, 1.165) is 29.9 Å². The van der Waals surface area contributed by atoms with Gasteiger partial charge >= 0.3 is 0 Å². The molecule has 8 heteroatoms. The molecule has 0 radical (unpaired) electrons. The highest BCUT2D eigenvalue weighted by molar-refractivity contribution is 5.84. The van der Waals surface area contributed by atoms with E-state index in [4.69, 9.17) is 4.74 Å². The number of likely N-dealkylation sites (N-methyl/N-ethyl adjacent to an activating group) is 1. The SMILES string of the molecule is COc1ccc(CCNC(=NCC(=O)N(C)C)NCCc2cc(F)ccc2F)cc1. The van der Waals surface area contributed by atoms with E-state index in [1.165, 1.54) is 11.0 Å². The van der Waals surface area contributed by atoms with Gasteiger partial charge in [-0.3, -0.25) is 4.79 Å². The molecule has 6 nitrogen and oxygen atoms in total. The van der Waals surface area contributed by atoms with Crippen LogP contribution in [0.2, 0.25) is 0 Å². The average molecular weight is 418 g/mol. The summed E-state index contributed by atoms with van der Waals surface area (Å²) in [5.74, 6) is 0.168. The van der Waals surface area contributed by atoms with Gasteiger partial charge in [0.1, 0.15) is 23.9 Å². The Bertz CT molecular complexity index is 855. The lowest BCUT2D eigenvalue weighted by atomic mass is 10.1. The number of nitrogens with one attached hydrogen (secondary N) is 2. The molecule has 0 aromatic heterocycles. The van der Waals surface area contributed by atoms with Gasteiger partial charge in [0.25, 0.3) is 0 Å². The number of hydrogen-bond acceptors (Lipinski definition) is 3. The summed E-state index contributed by atoms with van der Waals surface area (Å²) in [6.07, 6.45) is 1.02. The van der Waals surface area contributed by atoms with Gasteiger partial charge in [0.05, 0.1) is 7.11 Å². The zero-order valence-corrected chi connectivity index (χ0v) is 17.5. The predicted molar refractivity (Wildman–Crippen MR) is 114 cm³/mol. The molecule has 2 aromatic carbocycles. The molecule has 2 aromatic rings. The van der Waals surface area contributed by atoms with Crippen LogP contribution in [0.25, 0.3) is 0 Å². The minimum atomic E-state index is -0.477. The molecule has 0 atom stereocenters. The summed E-state index contributed by atoms with van der Waals surface area (Å²) in [5.41, 5.74) is 1.40. The Labute approximate surface area is 175 Å². The summed E-state index contributed by atoms with van der Waals surface area (Å²) in [6.45, 7) is 0.909. The third kappa shape index (κ3) is 7.69. The maximum Gasteiger partial charge on any atom is 0.243 e. The molecular weight excluding hydrogens is 390 g/mol. The molecular formula is C22H28F2N4O2. The number of hydrogen-bond donors (Lipinski definition) is 2. The second-order valence-electron chi connectivity index (χ2n) is 6.89. The minimum absolute atomic E-state index is 0.0147. The van der Waals surface area contributed by atoms with E-state index in [0.29, 0.717) is 19.0 Å². The lowest BCUT2D eigenvalue weighted by Gasteiger charge is -2.14. The number of carbonyl (C=O) groups excluding carboxylic acids is 1. The van der Waals surface area contributed by atoms with Crippen molar-refractivity contribution < 1.29 is 18.3 Å². The first-order valence-corrected chi connectivity index (χ1v) is 9.68. The van der Waals surface area contributed by atoms with Crippen LogP contribution in [0.3, 0.4) is 0 Å². The van der Waals surface area contributed by atoms with E-state index in [2.05, 4.69) is 15.6 Å². The van der Waals surface area contributed by atoms with E-state index in [1.54, 1.807) is 21.2 Å². The van der Waals surface area contributed by atoms with Crippen LogP contribution in [0.1, 0.15) is 11.1 Å². The molecule has 0 saturated carbocycles. The van der Waals surface area contributed by atoms with Crippen molar-refractivity contribution in [3.8, 4) is 5.75 Å². The number of methoxy groups -OCH3 is 1. The van der Waals surface area contributed by atoms with Crippen LogP contribution in [0.4, 0.5) is 8.78 Å². The van der Waals surface area contributed by atoms with Crippen molar-refractivity contribution in [2.45, 2.75) is 12.8 Å². The summed E-state index contributed by atoms with van der Waals surface area (Å²) in [5, 5.41) is 6.25. The van der Waals surface area contributed by atoms with Crippen LogP contribution in [0.15, 0.2) is 47.5 Å². The summed E-state index contributed by atoms with van der Waals surface area (Å²) < 4.78 is 32.3. The topological polar surface area (TPSA) is 66.0 Å². The molecule has 0 aliphatic heterocycles. The third-order valence-electron chi connectivity index (χ3n) is 4.43. The Morgan fingerprint density at radius 2 is 1.70 bits per heavy atom. The molecule has 162 valence electrons. The van der Waals surface area contributed by atoms with Crippen LogP contribution < -0.4 is 15.4 Å². The van der Waals surface area contributed by atoms with E-state index in [1.807, 2.05) is 24.3 Å². The monoisotopic (exact) mass is 418 g/mol. The van der Waals surface area contributed by atoms with Crippen molar-refractivity contribution in [2.75, 3.05) is 40.8 Å². The molecule has 1 amide bonds. The molecule has 0 unspecified atom stereocenters. The highest BCUT2D eigenvalue weighted by atomic mass is 19.1. The van der Waals surface area contributed by atoms with Crippen LogP contribution in [-0.4, -0.2) is 57.6 Å². The highest BCUT2D eigenvalue weighted by Gasteiger charge is 2.07. The largest absolute Gasteiger partial charge is 0.497 e. The molecule has 0 spiro atoms.